The molecule has 3 saturated heterocycles. The first-order chi connectivity index (χ1) is 17.7. The molecule has 1 amide bonds. The first-order valence-electron chi connectivity index (χ1n) is 13.2. The number of amides is 1. The number of aromatic nitrogens is 3. The Morgan fingerprint density at radius 2 is 1.56 bits per heavy atom. The fourth-order valence-electron chi connectivity index (χ4n) is 5.21. The molecule has 0 saturated carbocycles. The van der Waals surface area contributed by atoms with Crippen LogP contribution in [0.15, 0.2) is 24.3 Å². The topological polar surface area (TPSA) is 86.7 Å². The molecule has 3 aromatic heterocycles. The van der Waals surface area contributed by atoms with Gasteiger partial charge in [-0.3, -0.25) is 4.79 Å². The number of hydrogen-bond donors (Lipinski definition) is 1. The van der Waals surface area contributed by atoms with E-state index >= 15 is 0 Å². The first kappa shape index (κ1) is 23.4. The Balaban J connectivity index is 1.30. The van der Waals surface area contributed by atoms with Crippen molar-refractivity contribution < 1.29 is 9.53 Å². The van der Waals surface area contributed by atoms with E-state index in [-0.39, 0.29) is 5.91 Å². The molecular weight excluding hydrogens is 474 g/mol. The normalized spacial score (nSPS) is 19.1. The van der Waals surface area contributed by atoms with E-state index in [1.807, 2.05) is 18.2 Å². The minimum absolute atomic E-state index is 0.203. The van der Waals surface area contributed by atoms with Gasteiger partial charge in [0.25, 0.3) is 5.91 Å². The second-order valence-electron chi connectivity index (χ2n) is 9.71. The molecule has 0 aromatic carbocycles. The summed E-state index contributed by atoms with van der Waals surface area (Å²) in [5.41, 5.74) is 1.91. The maximum Gasteiger partial charge on any atom is 0.274 e. The van der Waals surface area contributed by atoms with Crippen molar-refractivity contribution in [2.75, 3.05) is 72.5 Å². The molecule has 0 bridgehead atoms. The van der Waals surface area contributed by atoms with E-state index in [2.05, 4.69) is 20.0 Å². The molecule has 190 valence electrons. The molecule has 3 aliphatic heterocycles. The summed E-state index contributed by atoms with van der Waals surface area (Å²) in [6.07, 6.45) is 7.08. The van der Waals surface area contributed by atoms with Crippen molar-refractivity contribution in [3.63, 3.8) is 0 Å². The van der Waals surface area contributed by atoms with Crippen molar-refractivity contribution in [2.45, 2.75) is 38.5 Å². The minimum Gasteiger partial charge on any atom is -0.378 e. The van der Waals surface area contributed by atoms with Gasteiger partial charge in [0.05, 0.1) is 23.6 Å². The van der Waals surface area contributed by atoms with E-state index in [9.17, 15) is 4.79 Å². The third-order valence-corrected chi connectivity index (χ3v) is 8.24. The number of morpholine rings is 1. The monoisotopic (exact) mass is 507 g/mol. The molecule has 0 radical (unpaired) electrons. The van der Waals surface area contributed by atoms with Gasteiger partial charge in [0.2, 0.25) is 0 Å². The van der Waals surface area contributed by atoms with Crippen molar-refractivity contribution >= 4 is 50.0 Å². The maximum absolute atomic E-state index is 13.4. The van der Waals surface area contributed by atoms with Gasteiger partial charge in [-0.2, -0.15) is 4.98 Å². The fraction of sp³-hybridized carbons (Fsp3) is 0.538. The van der Waals surface area contributed by atoms with Crippen LogP contribution in [0.1, 0.15) is 49.0 Å². The molecule has 0 aliphatic carbocycles. The molecule has 3 aromatic rings. The summed E-state index contributed by atoms with van der Waals surface area (Å²) >= 11 is 1.62. The molecule has 0 unspecified atom stereocenters. The summed E-state index contributed by atoms with van der Waals surface area (Å²) < 4.78 is 6.48. The Kier molecular flexibility index (Phi) is 6.87. The molecule has 3 fully saturated rings. The molecule has 9 nitrogen and oxygen atoms in total. The lowest BCUT2D eigenvalue weighted by Crippen LogP contribution is -2.36. The molecular formula is C26H33N7O2S. The van der Waals surface area contributed by atoms with Crippen molar-refractivity contribution in [2.24, 2.45) is 0 Å². The molecule has 0 atom stereocenters. The number of nitrogens with one attached hydrogen (secondary N) is 1. The van der Waals surface area contributed by atoms with E-state index in [0.29, 0.717) is 18.9 Å². The highest BCUT2D eigenvalue weighted by molar-refractivity contribution is 7.22. The number of thiazole rings is 1. The third kappa shape index (κ3) is 4.97. The Morgan fingerprint density at radius 3 is 2.31 bits per heavy atom. The minimum atomic E-state index is -0.203. The van der Waals surface area contributed by atoms with E-state index in [1.54, 1.807) is 17.4 Å². The van der Waals surface area contributed by atoms with Gasteiger partial charge < -0.3 is 24.8 Å². The highest BCUT2D eigenvalue weighted by Crippen LogP contribution is 2.35. The van der Waals surface area contributed by atoms with E-state index in [4.69, 9.17) is 19.7 Å². The predicted molar refractivity (Wildman–Crippen MR) is 145 cm³/mol. The van der Waals surface area contributed by atoms with Crippen molar-refractivity contribution in [3.05, 3.63) is 30.0 Å². The zero-order valence-electron chi connectivity index (χ0n) is 20.6. The number of anilines is 4. The lowest BCUT2D eigenvalue weighted by molar-refractivity contribution is 0.102. The highest BCUT2D eigenvalue weighted by Gasteiger charge is 2.23. The van der Waals surface area contributed by atoms with Crippen LogP contribution in [0.4, 0.5) is 22.5 Å². The number of rotatable bonds is 5. The van der Waals surface area contributed by atoms with Crippen LogP contribution in [0.5, 0.6) is 0 Å². The number of carbonyl (C=O) groups is 1. The van der Waals surface area contributed by atoms with Crippen LogP contribution in [0.3, 0.4) is 0 Å². The first-order valence-corrected chi connectivity index (χ1v) is 14.0. The third-order valence-electron chi connectivity index (χ3n) is 7.18. The zero-order chi connectivity index (χ0) is 24.3. The maximum atomic E-state index is 13.4. The lowest BCUT2D eigenvalue weighted by Gasteiger charge is -2.29. The summed E-state index contributed by atoms with van der Waals surface area (Å²) in [5, 5.41) is 4.12. The predicted octanol–water partition coefficient (Wildman–Crippen LogP) is 4.16. The lowest BCUT2D eigenvalue weighted by atomic mass is 10.1. The second-order valence-corrected chi connectivity index (χ2v) is 10.7. The average Bonchev–Trinajstić information content (AvgIpc) is 3.37. The van der Waals surface area contributed by atoms with Gasteiger partial charge in [0, 0.05) is 39.3 Å². The number of ether oxygens (including phenoxy) is 1. The number of piperidine rings is 2. The van der Waals surface area contributed by atoms with Crippen LogP contribution in [0, 0.1) is 0 Å². The van der Waals surface area contributed by atoms with Crippen molar-refractivity contribution in [1.82, 2.24) is 15.0 Å². The summed E-state index contributed by atoms with van der Waals surface area (Å²) in [6.45, 7) is 6.96. The Hall–Kier alpha value is -2.98. The number of fused-ring (bicyclic) bond motifs is 1. The van der Waals surface area contributed by atoms with Gasteiger partial charge in [-0.1, -0.05) is 17.4 Å². The summed E-state index contributed by atoms with van der Waals surface area (Å²) in [5.74, 6) is 1.48. The Bertz CT molecular complexity index is 1210. The molecule has 3 aliphatic rings. The average molecular weight is 508 g/mol. The largest absolute Gasteiger partial charge is 0.378 e. The summed E-state index contributed by atoms with van der Waals surface area (Å²) in [7, 11) is 0. The highest BCUT2D eigenvalue weighted by atomic mass is 32.1. The van der Waals surface area contributed by atoms with Gasteiger partial charge >= 0.3 is 0 Å². The summed E-state index contributed by atoms with van der Waals surface area (Å²) in [4.78, 5) is 34.8. The standard InChI is InChI=1S/C26H33N7O2S/c34-25(19-8-7-9-22(27-19)31-10-3-1-4-11-31)28-20-18-21-23(29-24(20)32-12-5-2-6-13-32)30-26(36-21)33-14-16-35-17-15-33/h7-9,18H,1-6,10-17H2,(H,28,34). The van der Waals surface area contributed by atoms with Crippen molar-refractivity contribution in [1.29, 1.82) is 0 Å². The number of pyridine rings is 2. The second kappa shape index (κ2) is 10.6. The Labute approximate surface area is 215 Å². The fourth-order valence-corrected chi connectivity index (χ4v) is 6.21. The molecule has 36 heavy (non-hydrogen) atoms. The molecule has 1 N–H and O–H groups in total. The van der Waals surface area contributed by atoms with Gasteiger partial charge in [-0.05, 0) is 56.7 Å². The van der Waals surface area contributed by atoms with Gasteiger partial charge in [0.1, 0.15) is 11.5 Å². The molecule has 10 heteroatoms. The zero-order valence-corrected chi connectivity index (χ0v) is 21.4. The van der Waals surface area contributed by atoms with Crippen LogP contribution in [-0.4, -0.2) is 73.3 Å². The van der Waals surface area contributed by atoms with Crippen molar-refractivity contribution in [3.8, 4) is 0 Å². The van der Waals surface area contributed by atoms with Crippen LogP contribution in [-0.2, 0) is 4.74 Å². The Morgan fingerprint density at radius 1 is 0.833 bits per heavy atom. The smallest absolute Gasteiger partial charge is 0.274 e. The number of carbonyl (C=O) groups excluding carboxylic acids is 1. The molecule has 6 heterocycles. The van der Waals surface area contributed by atoms with Crippen LogP contribution >= 0.6 is 11.3 Å². The van der Waals surface area contributed by atoms with Gasteiger partial charge in [-0.15, -0.1) is 0 Å². The molecule has 0 spiro atoms. The van der Waals surface area contributed by atoms with Gasteiger partial charge in [-0.25, -0.2) is 9.97 Å². The SMILES string of the molecule is O=C(Nc1cc2sc(N3CCOCC3)nc2nc1N1CCCCC1)c1cccc(N2CCCCC2)n1. The molecule has 6 rings (SSSR count). The van der Waals surface area contributed by atoms with Crippen LogP contribution < -0.4 is 20.0 Å². The van der Waals surface area contributed by atoms with Crippen LogP contribution in [0.2, 0.25) is 0 Å². The summed E-state index contributed by atoms with van der Waals surface area (Å²) in [6, 6.07) is 7.76. The van der Waals surface area contributed by atoms with Crippen LogP contribution in [0.25, 0.3) is 10.3 Å². The van der Waals surface area contributed by atoms with E-state index in [0.717, 1.165) is 84.9 Å². The van der Waals surface area contributed by atoms with Gasteiger partial charge in [0.15, 0.2) is 16.6 Å². The van der Waals surface area contributed by atoms with E-state index < -0.39 is 0 Å². The quantitative estimate of drug-likeness (QED) is 0.551. The van der Waals surface area contributed by atoms with E-state index in [1.165, 1.54) is 25.7 Å². The number of hydrogen-bond acceptors (Lipinski definition) is 9. The number of nitrogens with zero attached hydrogens (tertiary/aromatic N) is 6.